The number of anilines is 1. The van der Waals surface area contributed by atoms with Crippen LogP contribution in [0.2, 0.25) is 0 Å². The van der Waals surface area contributed by atoms with Crippen molar-refractivity contribution < 1.29 is 14.2 Å². The summed E-state index contributed by atoms with van der Waals surface area (Å²) in [5.74, 6) is 4.39. The summed E-state index contributed by atoms with van der Waals surface area (Å²) in [6.45, 7) is 1.09. The fourth-order valence-corrected chi connectivity index (χ4v) is 4.76. The van der Waals surface area contributed by atoms with Gasteiger partial charge >= 0.3 is 0 Å². The predicted molar refractivity (Wildman–Crippen MR) is 130 cm³/mol. The molecule has 1 aliphatic heterocycles. The van der Waals surface area contributed by atoms with Crippen LogP contribution in [0.4, 0.5) is 5.95 Å². The Balaban J connectivity index is 1.47. The minimum atomic E-state index is 0.417. The van der Waals surface area contributed by atoms with Gasteiger partial charge in [-0.15, -0.1) is 0 Å². The van der Waals surface area contributed by atoms with Crippen molar-refractivity contribution >= 4 is 17.0 Å². The largest absolute Gasteiger partial charge is 0.497 e. The van der Waals surface area contributed by atoms with Crippen molar-refractivity contribution in [1.82, 2.24) is 19.5 Å². The molecule has 0 spiro atoms. The van der Waals surface area contributed by atoms with E-state index in [1.54, 1.807) is 13.3 Å². The van der Waals surface area contributed by atoms with Gasteiger partial charge in [-0.1, -0.05) is 19.3 Å². The van der Waals surface area contributed by atoms with E-state index in [0.29, 0.717) is 25.2 Å². The van der Waals surface area contributed by atoms with Gasteiger partial charge in [0.15, 0.2) is 11.5 Å². The van der Waals surface area contributed by atoms with Crippen molar-refractivity contribution in [3.8, 4) is 34.5 Å². The molecule has 0 radical (unpaired) electrons. The number of methoxy groups -OCH3 is 1. The fourth-order valence-electron chi connectivity index (χ4n) is 4.76. The van der Waals surface area contributed by atoms with Crippen molar-refractivity contribution in [2.75, 3.05) is 25.6 Å². The number of rotatable bonds is 5. The van der Waals surface area contributed by atoms with Crippen LogP contribution in [0.25, 0.3) is 28.2 Å². The number of benzene rings is 2. The van der Waals surface area contributed by atoms with Crippen molar-refractivity contribution in [2.24, 2.45) is 0 Å². The summed E-state index contributed by atoms with van der Waals surface area (Å²) < 4.78 is 19.1. The number of hydrogen-bond donors (Lipinski definition) is 1. The first kappa shape index (κ1) is 20.8. The van der Waals surface area contributed by atoms with Gasteiger partial charge in [-0.25, -0.2) is 9.97 Å². The van der Waals surface area contributed by atoms with Crippen LogP contribution in [-0.4, -0.2) is 45.9 Å². The zero-order valence-electron chi connectivity index (χ0n) is 19.2. The van der Waals surface area contributed by atoms with Crippen LogP contribution in [0.5, 0.6) is 17.2 Å². The first-order valence-corrected chi connectivity index (χ1v) is 11.8. The summed E-state index contributed by atoms with van der Waals surface area (Å²) >= 11 is 0. The van der Waals surface area contributed by atoms with E-state index >= 15 is 0 Å². The molecule has 0 atom stereocenters. The quantitative estimate of drug-likeness (QED) is 0.451. The summed E-state index contributed by atoms with van der Waals surface area (Å²) in [6.07, 6.45) is 7.91. The molecule has 0 bridgehead atoms. The number of ether oxygens (including phenoxy) is 3. The summed E-state index contributed by atoms with van der Waals surface area (Å²) in [5, 5.41) is 3.54. The Bertz CT molecular complexity index is 1330. The molecule has 3 heterocycles. The molecule has 8 nitrogen and oxygen atoms in total. The summed E-state index contributed by atoms with van der Waals surface area (Å²) in [4.78, 5) is 14.4. The van der Waals surface area contributed by atoms with Crippen LogP contribution in [0.1, 0.15) is 32.1 Å². The van der Waals surface area contributed by atoms with Gasteiger partial charge in [-0.2, -0.15) is 4.98 Å². The number of aromatic nitrogens is 4. The Morgan fingerprint density at radius 1 is 0.941 bits per heavy atom. The van der Waals surface area contributed by atoms with Gasteiger partial charge in [0.1, 0.15) is 30.6 Å². The van der Waals surface area contributed by atoms with Crippen molar-refractivity contribution in [3.63, 3.8) is 0 Å². The Labute approximate surface area is 197 Å². The monoisotopic (exact) mass is 457 g/mol. The third-order valence-electron chi connectivity index (χ3n) is 6.47. The van der Waals surface area contributed by atoms with Gasteiger partial charge in [0.2, 0.25) is 5.95 Å². The van der Waals surface area contributed by atoms with Gasteiger partial charge in [0, 0.05) is 23.9 Å². The minimum absolute atomic E-state index is 0.417. The first-order chi connectivity index (χ1) is 16.8. The molecule has 0 amide bonds. The van der Waals surface area contributed by atoms with Gasteiger partial charge < -0.3 is 19.5 Å². The maximum atomic E-state index is 5.83. The maximum absolute atomic E-state index is 5.83. The average Bonchev–Trinajstić information content (AvgIpc) is 3.28. The highest BCUT2D eigenvalue weighted by Gasteiger charge is 2.20. The van der Waals surface area contributed by atoms with Gasteiger partial charge in [-0.3, -0.25) is 4.57 Å². The summed E-state index contributed by atoms with van der Waals surface area (Å²) in [5.41, 5.74) is 2.68. The Morgan fingerprint density at radius 2 is 1.79 bits per heavy atom. The molecule has 0 saturated heterocycles. The number of nitrogens with one attached hydrogen (secondary N) is 1. The fraction of sp³-hybridized carbons (Fsp3) is 0.346. The maximum Gasteiger partial charge on any atom is 0.224 e. The van der Waals surface area contributed by atoms with E-state index in [4.69, 9.17) is 24.2 Å². The first-order valence-electron chi connectivity index (χ1n) is 11.8. The van der Waals surface area contributed by atoms with E-state index in [-0.39, 0.29) is 0 Å². The summed E-state index contributed by atoms with van der Waals surface area (Å²) in [6, 6.07) is 14.1. The lowest BCUT2D eigenvalue weighted by molar-refractivity contribution is 0.171. The molecule has 8 heteroatoms. The van der Waals surface area contributed by atoms with E-state index < -0.39 is 0 Å². The zero-order chi connectivity index (χ0) is 22.9. The standard InChI is InChI=1S/C26H27N5O3/c1-32-19-8-9-20-21(16-19)31(24-11-12-27-26(30-24)28-18-5-3-2-4-6-18)25(29-20)17-7-10-22-23(15-17)34-14-13-33-22/h7-12,15-16,18H,2-6,13-14H2,1H3,(H,27,28,30). The average molecular weight is 458 g/mol. The van der Waals surface area contributed by atoms with E-state index in [9.17, 15) is 0 Å². The van der Waals surface area contributed by atoms with Crippen molar-refractivity contribution in [1.29, 1.82) is 0 Å². The molecule has 2 aromatic carbocycles. The van der Waals surface area contributed by atoms with E-state index in [1.165, 1.54) is 19.3 Å². The molecule has 0 unspecified atom stereocenters. The third kappa shape index (κ3) is 3.89. The van der Waals surface area contributed by atoms with E-state index in [1.807, 2.05) is 42.5 Å². The highest BCUT2D eigenvalue weighted by atomic mass is 16.6. The van der Waals surface area contributed by atoms with Gasteiger partial charge in [0.05, 0.1) is 18.1 Å². The van der Waals surface area contributed by atoms with Crippen LogP contribution in [0, 0.1) is 0 Å². The molecule has 1 N–H and O–H groups in total. The van der Waals surface area contributed by atoms with Gasteiger partial charge in [0.25, 0.3) is 0 Å². The molecule has 1 aliphatic carbocycles. The predicted octanol–water partition coefficient (Wildman–Crippen LogP) is 5.01. The molecule has 34 heavy (non-hydrogen) atoms. The highest BCUT2D eigenvalue weighted by Crippen LogP contribution is 2.37. The second-order valence-corrected chi connectivity index (χ2v) is 8.70. The minimum Gasteiger partial charge on any atom is -0.497 e. The van der Waals surface area contributed by atoms with Crippen LogP contribution >= 0.6 is 0 Å². The Kier molecular flexibility index (Phi) is 5.41. The molecule has 1 fully saturated rings. The van der Waals surface area contributed by atoms with Crippen molar-refractivity contribution in [3.05, 3.63) is 48.7 Å². The molecule has 174 valence electrons. The van der Waals surface area contributed by atoms with Gasteiger partial charge in [-0.05, 0) is 49.2 Å². The number of nitrogens with zero attached hydrogens (tertiary/aromatic N) is 4. The second-order valence-electron chi connectivity index (χ2n) is 8.70. The lowest BCUT2D eigenvalue weighted by atomic mass is 9.96. The normalized spacial score (nSPS) is 15.9. The molecular weight excluding hydrogens is 430 g/mol. The Morgan fingerprint density at radius 3 is 2.65 bits per heavy atom. The van der Waals surface area contributed by atoms with Crippen LogP contribution < -0.4 is 19.5 Å². The lowest BCUT2D eigenvalue weighted by Crippen LogP contribution is -2.23. The lowest BCUT2D eigenvalue weighted by Gasteiger charge is -2.23. The molecular formula is C26H27N5O3. The molecule has 1 saturated carbocycles. The molecule has 2 aliphatic rings. The van der Waals surface area contributed by atoms with E-state index in [0.717, 1.165) is 58.3 Å². The van der Waals surface area contributed by atoms with Crippen molar-refractivity contribution in [2.45, 2.75) is 38.1 Å². The smallest absolute Gasteiger partial charge is 0.224 e. The molecule has 6 rings (SSSR count). The second kappa shape index (κ2) is 8.85. The highest BCUT2D eigenvalue weighted by molar-refractivity contribution is 5.84. The summed E-state index contributed by atoms with van der Waals surface area (Å²) in [7, 11) is 1.67. The number of imidazole rings is 1. The topological polar surface area (TPSA) is 83.3 Å². The number of hydrogen-bond acceptors (Lipinski definition) is 7. The van der Waals surface area contributed by atoms with E-state index in [2.05, 4.69) is 14.9 Å². The Hall–Kier alpha value is -3.81. The van der Waals surface area contributed by atoms with Crippen LogP contribution in [0.15, 0.2) is 48.7 Å². The number of fused-ring (bicyclic) bond motifs is 2. The SMILES string of the molecule is COc1ccc2nc(-c3ccc4c(c3)OCCO4)n(-c3ccnc(NC4CCCCC4)n3)c2c1. The molecule has 4 aromatic rings. The zero-order valence-corrected chi connectivity index (χ0v) is 19.2. The van der Waals surface area contributed by atoms with Crippen LogP contribution in [-0.2, 0) is 0 Å². The third-order valence-corrected chi connectivity index (χ3v) is 6.47. The molecule has 2 aromatic heterocycles. The van der Waals surface area contributed by atoms with Crippen LogP contribution in [0.3, 0.4) is 0 Å².